The molecule has 0 unspecified atom stereocenters. The van der Waals surface area contributed by atoms with E-state index < -0.39 is 29.3 Å². The van der Waals surface area contributed by atoms with Crippen LogP contribution in [-0.2, 0) is 20.7 Å². The predicted molar refractivity (Wildman–Crippen MR) is 85.4 cm³/mol. The topological polar surface area (TPSA) is 87.7 Å². The van der Waals surface area contributed by atoms with Gasteiger partial charge in [-0.1, -0.05) is 18.2 Å². The molecule has 1 spiro atoms. The Kier molecular flexibility index (Phi) is 3.18. The van der Waals surface area contributed by atoms with Crippen molar-refractivity contribution in [3.05, 3.63) is 29.8 Å². The largest absolute Gasteiger partial charge is 0.372 e. The molecule has 2 fully saturated rings. The number of morpholine rings is 1. The summed E-state index contributed by atoms with van der Waals surface area (Å²) in [4.78, 5) is 39.2. The molecule has 0 aromatic heterocycles. The number of imide groups is 2. The van der Waals surface area contributed by atoms with Crippen LogP contribution in [0.3, 0.4) is 0 Å². The van der Waals surface area contributed by atoms with Gasteiger partial charge in [0.2, 0.25) is 11.8 Å². The number of anilines is 1. The lowest BCUT2D eigenvalue weighted by Gasteiger charge is -2.55. The van der Waals surface area contributed by atoms with E-state index in [1.165, 1.54) is 0 Å². The second kappa shape index (κ2) is 5.04. The Morgan fingerprint density at radius 2 is 1.79 bits per heavy atom. The molecule has 0 radical (unpaired) electrons. The number of ether oxygens (including phenoxy) is 1. The molecule has 1 aromatic carbocycles. The number of urea groups is 1. The molecule has 4 rings (SSSR count). The first-order valence-corrected chi connectivity index (χ1v) is 8.10. The Balaban J connectivity index is 1.91. The minimum atomic E-state index is -1.37. The highest BCUT2D eigenvalue weighted by atomic mass is 16.5. The summed E-state index contributed by atoms with van der Waals surface area (Å²) in [6.45, 7) is 4.43. The monoisotopic (exact) mass is 329 g/mol. The first-order chi connectivity index (χ1) is 11.4. The van der Waals surface area contributed by atoms with Gasteiger partial charge in [0, 0.05) is 12.2 Å². The number of para-hydroxylation sites is 1. The third-order valence-electron chi connectivity index (χ3n) is 5.22. The number of carbonyl (C=O) groups excluding carboxylic acids is 3. The molecular weight excluding hydrogens is 310 g/mol. The van der Waals surface area contributed by atoms with Crippen molar-refractivity contribution in [2.45, 2.75) is 38.5 Å². The van der Waals surface area contributed by atoms with Gasteiger partial charge in [0.05, 0.1) is 18.2 Å². The highest BCUT2D eigenvalue weighted by molar-refractivity contribution is 6.20. The molecule has 7 nitrogen and oxygen atoms in total. The van der Waals surface area contributed by atoms with Crippen molar-refractivity contribution in [3.8, 4) is 0 Å². The van der Waals surface area contributed by atoms with Crippen molar-refractivity contribution in [2.24, 2.45) is 5.41 Å². The van der Waals surface area contributed by atoms with Crippen LogP contribution in [0.2, 0.25) is 0 Å². The summed E-state index contributed by atoms with van der Waals surface area (Å²) in [6, 6.07) is 6.54. The number of nitrogens with zero attached hydrogens (tertiary/aromatic N) is 1. The summed E-state index contributed by atoms with van der Waals surface area (Å²) in [5.41, 5.74) is 0.573. The fourth-order valence-electron chi connectivity index (χ4n) is 4.38. The lowest BCUT2D eigenvalue weighted by molar-refractivity contribution is -0.153. The third-order valence-corrected chi connectivity index (χ3v) is 5.22. The van der Waals surface area contributed by atoms with Crippen LogP contribution >= 0.6 is 0 Å². The normalized spacial score (nSPS) is 31.2. The number of fused-ring (bicyclic) bond motifs is 4. The van der Waals surface area contributed by atoms with Gasteiger partial charge in [0.25, 0.3) is 0 Å². The van der Waals surface area contributed by atoms with Crippen LogP contribution in [0, 0.1) is 5.41 Å². The fourth-order valence-corrected chi connectivity index (χ4v) is 4.38. The van der Waals surface area contributed by atoms with Gasteiger partial charge in [-0.3, -0.25) is 20.2 Å². The minimum Gasteiger partial charge on any atom is -0.372 e. The zero-order valence-corrected chi connectivity index (χ0v) is 13.5. The van der Waals surface area contributed by atoms with Crippen molar-refractivity contribution in [3.63, 3.8) is 0 Å². The van der Waals surface area contributed by atoms with Gasteiger partial charge in [-0.15, -0.1) is 0 Å². The number of hydrogen-bond acceptors (Lipinski definition) is 5. The van der Waals surface area contributed by atoms with Crippen LogP contribution in [0.4, 0.5) is 10.5 Å². The molecule has 4 amide bonds. The van der Waals surface area contributed by atoms with Gasteiger partial charge in [0.15, 0.2) is 5.41 Å². The zero-order chi connectivity index (χ0) is 17.1. The number of carbonyl (C=O) groups is 3. The number of benzene rings is 1. The Labute approximate surface area is 139 Å². The van der Waals surface area contributed by atoms with E-state index in [-0.39, 0.29) is 18.6 Å². The number of rotatable bonds is 0. The number of nitrogens with one attached hydrogen (secondary N) is 2. The van der Waals surface area contributed by atoms with Crippen LogP contribution in [0.5, 0.6) is 0 Å². The average molecular weight is 329 g/mol. The summed E-state index contributed by atoms with van der Waals surface area (Å²) in [6.07, 6.45) is -0.0974. The van der Waals surface area contributed by atoms with Crippen LogP contribution in [0.25, 0.3) is 0 Å². The van der Waals surface area contributed by atoms with Gasteiger partial charge in [0.1, 0.15) is 0 Å². The Morgan fingerprint density at radius 3 is 2.50 bits per heavy atom. The van der Waals surface area contributed by atoms with Gasteiger partial charge < -0.3 is 9.64 Å². The summed E-state index contributed by atoms with van der Waals surface area (Å²) < 4.78 is 5.94. The molecule has 126 valence electrons. The second-order valence-electron chi connectivity index (χ2n) is 6.76. The average Bonchev–Trinajstić information content (AvgIpc) is 2.52. The molecule has 7 heteroatoms. The van der Waals surface area contributed by atoms with Gasteiger partial charge in [-0.2, -0.15) is 0 Å². The molecule has 3 heterocycles. The van der Waals surface area contributed by atoms with E-state index in [2.05, 4.69) is 15.5 Å². The zero-order valence-electron chi connectivity index (χ0n) is 13.5. The maximum absolute atomic E-state index is 12.8. The molecule has 0 saturated carbocycles. The molecule has 3 atom stereocenters. The molecule has 3 aliphatic heterocycles. The van der Waals surface area contributed by atoms with Crippen LogP contribution in [0.15, 0.2) is 24.3 Å². The van der Waals surface area contributed by atoms with E-state index in [0.717, 1.165) is 11.3 Å². The lowest BCUT2D eigenvalue weighted by atomic mass is 9.66. The Hall–Kier alpha value is -2.41. The first kappa shape index (κ1) is 15.1. The quantitative estimate of drug-likeness (QED) is 0.680. The summed E-state index contributed by atoms with van der Waals surface area (Å²) in [5.74, 6) is -1.10. The maximum Gasteiger partial charge on any atom is 0.328 e. The molecule has 24 heavy (non-hydrogen) atoms. The van der Waals surface area contributed by atoms with Crippen molar-refractivity contribution >= 4 is 23.5 Å². The molecule has 0 aliphatic carbocycles. The van der Waals surface area contributed by atoms with E-state index in [4.69, 9.17) is 4.74 Å². The van der Waals surface area contributed by atoms with Crippen LogP contribution in [-0.4, -0.2) is 42.6 Å². The van der Waals surface area contributed by atoms with Crippen molar-refractivity contribution in [1.29, 1.82) is 0 Å². The van der Waals surface area contributed by atoms with Gasteiger partial charge in [-0.25, -0.2) is 4.79 Å². The van der Waals surface area contributed by atoms with Crippen molar-refractivity contribution in [1.82, 2.24) is 10.6 Å². The predicted octanol–water partition coefficient (Wildman–Crippen LogP) is 0.577. The van der Waals surface area contributed by atoms with Gasteiger partial charge in [-0.05, 0) is 31.9 Å². The van der Waals surface area contributed by atoms with Crippen molar-refractivity contribution in [2.75, 3.05) is 11.4 Å². The molecule has 3 aliphatic rings. The first-order valence-electron chi connectivity index (χ1n) is 8.10. The SMILES string of the molecule is C[C@@H]1CN2c3ccccc3CC3(C(=O)NC(=O)NC3=O)[C@@H]2[C@H](C)O1. The molecule has 2 saturated heterocycles. The molecule has 1 aromatic rings. The van der Waals surface area contributed by atoms with Gasteiger partial charge >= 0.3 is 6.03 Å². The molecule has 2 N–H and O–H groups in total. The van der Waals surface area contributed by atoms with E-state index >= 15 is 0 Å². The number of amides is 4. The standard InChI is InChI=1S/C17H19N3O4/c1-9-8-20-12-6-4-3-5-11(12)7-17(13(20)10(2)24-9)14(21)18-16(23)19-15(17)22/h3-6,9-10,13H,7-8H2,1-2H3,(H2,18,19,21,22,23)/t9-,10+,13+/m1/s1. The van der Waals surface area contributed by atoms with E-state index in [0.29, 0.717) is 6.54 Å². The maximum atomic E-state index is 12.8. The Bertz CT molecular complexity index is 727. The highest BCUT2D eigenvalue weighted by Crippen LogP contribution is 2.46. The second-order valence-corrected chi connectivity index (χ2v) is 6.76. The third kappa shape index (κ3) is 1.91. The summed E-state index contributed by atoms with van der Waals surface area (Å²) >= 11 is 0. The highest BCUT2D eigenvalue weighted by Gasteiger charge is 2.62. The van der Waals surface area contributed by atoms with E-state index in [1.807, 2.05) is 38.1 Å². The summed E-state index contributed by atoms with van der Waals surface area (Å²) in [5, 5.41) is 4.55. The lowest BCUT2D eigenvalue weighted by Crippen LogP contribution is -2.75. The minimum absolute atomic E-state index is 0.0178. The fraction of sp³-hybridized carbons (Fsp3) is 0.471. The van der Waals surface area contributed by atoms with E-state index in [1.54, 1.807) is 0 Å². The Morgan fingerprint density at radius 1 is 1.12 bits per heavy atom. The molecule has 0 bridgehead atoms. The number of hydrogen-bond donors (Lipinski definition) is 2. The summed E-state index contributed by atoms with van der Waals surface area (Å²) in [7, 11) is 0. The van der Waals surface area contributed by atoms with E-state index in [9.17, 15) is 14.4 Å². The van der Waals surface area contributed by atoms with Crippen LogP contribution in [0.1, 0.15) is 19.4 Å². The van der Waals surface area contributed by atoms with Crippen molar-refractivity contribution < 1.29 is 19.1 Å². The smallest absolute Gasteiger partial charge is 0.328 e. The number of barbiturate groups is 1. The molecular formula is C17H19N3O4. The van der Waals surface area contributed by atoms with Crippen LogP contribution < -0.4 is 15.5 Å².